The zero-order chi connectivity index (χ0) is 27.2. The number of hydrogen-bond acceptors (Lipinski definition) is 6. The Labute approximate surface area is 228 Å². The first-order valence-electron chi connectivity index (χ1n) is 12.6. The lowest BCUT2D eigenvalue weighted by atomic mass is 9.86. The molecule has 3 heterocycles. The Bertz CT molecular complexity index is 1470. The molecule has 206 valence electrons. The van der Waals surface area contributed by atoms with E-state index in [2.05, 4.69) is 4.72 Å². The van der Waals surface area contributed by atoms with Gasteiger partial charge in [0.2, 0.25) is 31.9 Å². The van der Waals surface area contributed by atoms with Crippen LogP contribution in [0.5, 0.6) is 0 Å². The van der Waals surface area contributed by atoms with E-state index in [0.717, 1.165) is 11.8 Å². The van der Waals surface area contributed by atoms with Crippen molar-refractivity contribution >= 4 is 54.2 Å². The summed E-state index contributed by atoms with van der Waals surface area (Å²) in [7, 11) is -7.25. The first kappa shape index (κ1) is 27.3. The van der Waals surface area contributed by atoms with E-state index >= 15 is 0 Å². The summed E-state index contributed by atoms with van der Waals surface area (Å²) in [5, 5.41) is 2.07. The SMILES string of the molecule is CS(=O)(=O)N1CC2CC(CN(C(=O)CN3CCCC(NS(=O)(=O)c4ccc5cc(Cl)ccc5c4)C3=O)C2)C1. The summed E-state index contributed by atoms with van der Waals surface area (Å²) in [4.78, 5) is 29.5. The van der Waals surface area contributed by atoms with Gasteiger partial charge in [0.05, 0.1) is 17.7 Å². The molecule has 3 atom stereocenters. The molecule has 0 aromatic heterocycles. The summed E-state index contributed by atoms with van der Waals surface area (Å²) in [5.41, 5.74) is 0. The van der Waals surface area contributed by atoms with Gasteiger partial charge in [-0.25, -0.2) is 21.1 Å². The van der Waals surface area contributed by atoms with Gasteiger partial charge in [-0.1, -0.05) is 23.7 Å². The van der Waals surface area contributed by atoms with E-state index < -0.39 is 32.0 Å². The fraction of sp³-hybridized carbons (Fsp3) is 0.520. The molecule has 1 N–H and O–H groups in total. The third-order valence-corrected chi connectivity index (χ3v) is 10.5. The van der Waals surface area contributed by atoms with E-state index in [9.17, 15) is 26.4 Å². The molecule has 10 nitrogen and oxygen atoms in total. The van der Waals surface area contributed by atoms with Gasteiger partial charge in [-0.3, -0.25) is 9.59 Å². The first-order chi connectivity index (χ1) is 17.9. The van der Waals surface area contributed by atoms with E-state index in [1.165, 1.54) is 21.5 Å². The molecule has 3 aliphatic rings. The molecular formula is C25H31ClN4O6S2. The monoisotopic (exact) mass is 582 g/mol. The standard InChI is InChI=1S/C25H31ClN4O6S2/c1-37(33,34)30-14-17-9-18(15-30)13-29(12-17)24(31)16-28-8-2-3-23(25(28)32)27-38(35,36)22-7-5-19-10-21(26)6-4-20(19)11-22/h4-7,10-11,17-18,23,27H,2-3,8-9,12-16H2,1H3. The highest BCUT2D eigenvalue weighted by atomic mass is 35.5. The van der Waals surface area contributed by atoms with Crippen molar-refractivity contribution in [3.05, 3.63) is 41.4 Å². The normalized spacial score (nSPS) is 25.1. The molecule has 5 rings (SSSR count). The van der Waals surface area contributed by atoms with E-state index in [4.69, 9.17) is 11.6 Å². The number of sulfonamides is 2. The topological polar surface area (TPSA) is 124 Å². The minimum absolute atomic E-state index is 0.0521. The number of nitrogens with zero attached hydrogens (tertiary/aromatic N) is 3. The van der Waals surface area contributed by atoms with Gasteiger partial charge in [0.1, 0.15) is 6.04 Å². The van der Waals surface area contributed by atoms with Crippen LogP contribution < -0.4 is 4.72 Å². The van der Waals surface area contributed by atoms with E-state index in [1.807, 2.05) is 0 Å². The Morgan fingerprint density at radius 2 is 1.66 bits per heavy atom. The second-order valence-corrected chi connectivity index (χ2v) is 14.7. The number of hydrogen-bond donors (Lipinski definition) is 1. The molecule has 2 amide bonds. The summed E-state index contributed by atoms with van der Waals surface area (Å²) in [6.45, 7) is 1.95. The lowest BCUT2D eigenvalue weighted by Crippen LogP contribution is -2.58. The molecule has 0 aliphatic carbocycles. The highest BCUT2D eigenvalue weighted by Gasteiger charge is 2.40. The second-order valence-electron chi connectivity index (χ2n) is 10.6. The fourth-order valence-corrected chi connectivity index (χ4v) is 8.20. The van der Waals surface area contributed by atoms with Crippen LogP contribution >= 0.6 is 11.6 Å². The number of carbonyl (C=O) groups is 2. The summed E-state index contributed by atoms with van der Waals surface area (Å²) >= 11 is 6.02. The van der Waals surface area contributed by atoms with Crippen LogP contribution in [0.4, 0.5) is 0 Å². The molecule has 38 heavy (non-hydrogen) atoms. The van der Waals surface area contributed by atoms with Crippen LogP contribution in [-0.4, -0.2) is 94.3 Å². The van der Waals surface area contributed by atoms with Crippen molar-refractivity contribution in [3.63, 3.8) is 0 Å². The zero-order valence-electron chi connectivity index (χ0n) is 21.0. The van der Waals surface area contributed by atoms with Gasteiger partial charge in [-0.15, -0.1) is 0 Å². The maximum Gasteiger partial charge on any atom is 0.242 e. The third kappa shape index (κ3) is 5.84. The minimum atomic E-state index is -3.97. The summed E-state index contributed by atoms with van der Waals surface area (Å²) < 4.78 is 54.2. The Hall–Kier alpha value is -2.25. The van der Waals surface area contributed by atoms with Crippen molar-refractivity contribution in [1.29, 1.82) is 0 Å². The molecule has 0 radical (unpaired) electrons. The number of benzene rings is 2. The molecule has 2 aromatic carbocycles. The Kier molecular flexibility index (Phi) is 7.46. The molecule has 13 heteroatoms. The Morgan fingerprint density at radius 1 is 1.00 bits per heavy atom. The number of carbonyl (C=O) groups excluding carboxylic acids is 2. The van der Waals surface area contributed by atoms with Gasteiger partial charge in [0.15, 0.2) is 0 Å². The number of fused-ring (bicyclic) bond motifs is 3. The zero-order valence-corrected chi connectivity index (χ0v) is 23.4. The number of amides is 2. The number of piperidine rings is 3. The molecular weight excluding hydrogens is 552 g/mol. The van der Waals surface area contributed by atoms with Crippen molar-refractivity contribution in [2.24, 2.45) is 11.8 Å². The van der Waals surface area contributed by atoms with Gasteiger partial charge in [0.25, 0.3) is 0 Å². The van der Waals surface area contributed by atoms with Crippen LogP contribution in [0.1, 0.15) is 19.3 Å². The molecule has 2 bridgehead atoms. The average molecular weight is 583 g/mol. The minimum Gasteiger partial charge on any atom is -0.341 e. The van der Waals surface area contributed by atoms with Gasteiger partial charge in [-0.2, -0.15) is 4.72 Å². The predicted octanol–water partition coefficient (Wildman–Crippen LogP) is 1.50. The highest BCUT2D eigenvalue weighted by Crippen LogP contribution is 2.30. The van der Waals surface area contributed by atoms with Crippen molar-refractivity contribution in [1.82, 2.24) is 18.8 Å². The summed E-state index contributed by atoms with van der Waals surface area (Å²) in [6.07, 6.45) is 3.00. The van der Waals surface area contributed by atoms with E-state index in [0.29, 0.717) is 56.0 Å². The number of rotatable bonds is 6. The quantitative estimate of drug-likeness (QED) is 0.550. The molecule has 3 aliphatic heterocycles. The average Bonchev–Trinajstić information content (AvgIpc) is 2.84. The maximum absolute atomic E-state index is 13.2. The lowest BCUT2D eigenvalue weighted by molar-refractivity contribution is -0.145. The van der Waals surface area contributed by atoms with Crippen LogP contribution in [0.3, 0.4) is 0 Å². The van der Waals surface area contributed by atoms with Crippen molar-refractivity contribution < 1.29 is 26.4 Å². The predicted molar refractivity (Wildman–Crippen MR) is 143 cm³/mol. The van der Waals surface area contributed by atoms with Gasteiger partial charge < -0.3 is 9.80 Å². The lowest BCUT2D eigenvalue weighted by Gasteiger charge is -2.45. The number of likely N-dealkylation sites (tertiary alicyclic amines) is 2. The Morgan fingerprint density at radius 3 is 2.34 bits per heavy atom. The molecule has 0 spiro atoms. The number of halogens is 1. The number of nitrogens with one attached hydrogen (secondary N) is 1. The largest absolute Gasteiger partial charge is 0.341 e. The van der Waals surface area contributed by atoms with Gasteiger partial charge >= 0.3 is 0 Å². The molecule has 3 saturated heterocycles. The first-order valence-corrected chi connectivity index (χ1v) is 16.3. The smallest absolute Gasteiger partial charge is 0.242 e. The second kappa shape index (κ2) is 10.4. The van der Waals surface area contributed by atoms with Crippen molar-refractivity contribution in [2.45, 2.75) is 30.2 Å². The van der Waals surface area contributed by atoms with Gasteiger partial charge in [-0.05, 0) is 66.1 Å². The van der Waals surface area contributed by atoms with Crippen LogP contribution in [0.2, 0.25) is 5.02 Å². The highest BCUT2D eigenvalue weighted by molar-refractivity contribution is 7.89. The van der Waals surface area contributed by atoms with E-state index in [1.54, 1.807) is 35.2 Å². The van der Waals surface area contributed by atoms with Crippen LogP contribution in [0.25, 0.3) is 10.8 Å². The summed E-state index contributed by atoms with van der Waals surface area (Å²) in [6, 6.07) is 8.92. The molecule has 0 saturated carbocycles. The maximum atomic E-state index is 13.2. The molecule has 3 unspecified atom stereocenters. The van der Waals surface area contributed by atoms with Crippen molar-refractivity contribution in [3.8, 4) is 0 Å². The summed E-state index contributed by atoms with van der Waals surface area (Å²) in [5.74, 6) is -0.481. The third-order valence-electron chi connectivity index (χ3n) is 7.61. The fourth-order valence-electron chi connectivity index (χ4n) is 5.79. The van der Waals surface area contributed by atoms with Crippen LogP contribution in [0, 0.1) is 11.8 Å². The molecule has 3 fully saturated rings. The van der Waals surface area contributed by atoms with Crippen molar-refractivity contribution in [2.75, 3.05) is 45.5 Å². The molecule has 2 aromatic rings. The van der Waals surface area contributed by atoms with E-state index in [-0.39, 0.29) is 29.2 Å². The Balaban J connectivity index is 1.22. The van der Waals surface area contributed by atoms with Gasteiger partial charge in [0, 0.05) is 37.7 Å². The van der Waals surface area contributed by atoms with Crippen LogP contribution in [0.15, 0.2) is 41.3 Å². The van der Waals surface area contributed by atoms with Crippen LogP contribution in [-0.2, 0) is 29.6 Å².